The molecule has 9 heteroatoms. The minimum absolute atomic E-state index is 1.45. The van der Waals surface area contributed by atoms with Gasteiger partial charge in [-0.25, -0.2) is 8.78 Å². The maximum atomic E-state index is 12.1. The van der Waals surface area contributed by atoms with Gasteiger partial charge in [-0.15, -0.1) is 0 Å². The van der Waals surface area contributed by atoms with Gasteiger partial charge in [-0.3, -0.25) is 4.39 Å². The molecule has 0 aromatic carbocycles. The number of alkyl halides is 8. The zero-order chi connectivity index (χ0) is 12.3. The molecular weight excluding hydrogens is 240 g/mol. The van der Waals surface area contributed by atoms with Crippen molar-refractivity contribution in [2.45, 2.75) is 31.2 Å². The van der Waals surface area contributed by atoms with Gasteiger partial charge in [-0.1, -0.05) is 0 Å². The van der Waals surface area contributed by atoms with Crippen LogP contribution >= 0.6 is 0 Å². The SMILES string of the molecule is FCCC(OC(F)(F)C(F)F)C(F)(F)F. The zero-order valence-electron chi connectivity index (χ0n) is 7.00. The molecule has 0 amide bonds. The molecule has 92 valence electrons. The largest absolute Gasteiger partial charge is 0.417 e. The predicted molar refractivity (Wildman–Crippen MR) is 32.5 cm³/mol. The lowest BCUT2D eigenvalue weighted by Gasteiger charge is -2.24. The highest BCUT2D eigenvalue weighted by Gasteiger charge is 2.51. The van der Waals surface area contributed by atoms with E-state index < -0.39 is 37.9 Å². The molecule has 0 aromatic rings. The first kappa shape index (κ1) is 14.4. The van der Waals surface area contributed by atoms with Gasteiger partial charge < -0.3 is 4.74 Å². The Kier molecular flexibility index (Phi) is 4.75. The molecule has 0 aliphatic heterocycles. The van der Waals surface area contributed by atoms with Crippen LogP contribution in [0.25, 0.3) is 0 Å². The summed E-state index contributed by atoms with van der Waals surface area (Å²) in [6, 6.07) is 0. The summed E-state index contributed by atoms with van der Waals surface area (Å²) in [6.45, 7) is -1.61. The van der Waals surface area contributed by atoms with E-state index in [9.17, 15) is 35.1 Å². The Balaban J connectivity index is 4.55. The quantitative estimate of drug-likeness (QED) is 0.677. The van der Waals surface area contributed by atoms with Crippen LogP contribution in [-0.4, -0.2) is 31.5 Å². The van der Waals surface area contributed by atoms with Crippen LogP contribution in [0.4, 0.5) is 35.1 Å². The van der Waals surface area contributed by atoms with E-state index in [1.165, 1.54) is 0 Å². The fraction of sp³-hybridized carbons (Fsp3) is 1.00. The Labute approximate surface area is 79.0 Å². The Bertz CT molecular complexity index is 188. The highest BCUT2D eigenvalue weighted by atomic mass is 19.4. The molecule has 0 rings (SSSR count). The van der Waals surface area contributed by atoms with Crippen molar-refractivity contribution in [3.63, 3.8) is 0 Å². The van der Waals surface area contributed by atoms with Crippen molar-refractivity contribution < 1.29 is 39.9 Å². The van der Waals surface area contributed by atoms with Crippen LogP contribution in [0, 0.1) is 0 Å². The lowest BCUT2D eigenvalue weighted by Crippen LogP contribution is -2.42. The third-order valence-electron chi connectivity index (χ3n) is 1.29. The summed E-state index contributed by atoms with van der Waals surface area (Å²) in [4.78, 5) is 0. The third kappa shape index (κ3) is 4.63. The smallest absolute Gasteiger partial charge is 0.303 e. The number of hydrogen-bond acceptors (Lipinski definition) is 1. The standard InChI is InChI=1S/C6H6F8O/c7-2-1-3(5(10,11)12)15-6(13,14)4(8)9/h3-4H,1-2H2. The van der Waals surface area contributed by atoms with E-state index in [0.717, 1.165) is 0 Å². The summed E-state index contributed by atoms with van der Waals surface area (Å²) < 4.78 is 96.9. The predicted octanol–water partition coefficient (Wildman–Crippen LogP) is 3.15. The van der Waals surface area contributed by atoms with Gasteiger partial charge in [0.2, 0.25) is 0 Å². The van der Waals surface area contributed by atoms with Crippen LogP contribution < -0.4 is 0 Å². The summed E-state index contributed by atoms with van der Waals surface area (Å²) >= 11 is 0. The van der Waals surface area contributed by atoms with E-state index in [-0.39, 0.29) is 0 Å². The normalized spacial score (nSPS) is 15.8. The first-order valence-corrected chi connectivity index (χ1v) is 3.57. The highest BCUT2D eigenvalue weighted by molar-refractivity contribution is 4.71. The van der Waals surface area contributed by atoms with Gasteiger partial charge in [0.05, 0.1) is 6.67 Å². The molecule has 0 aromatic heterocycles. The average molecular weight is 246 g/mol. The molecule has 0 aliphatic carbocycles. The van der Waals surface area contributed by atoms with E-state index in [1.54, 1.807) is 0 Å². The summed E-state index contributed by atoms with van der Waals surface area (Å²) in [5, 5.41) is 0. The molecule has 0 radical (unpaired) electrons. The summed E-state index contributed by atoms with van der Waals surface area (Å²) in [7, 11) is 0. The van der Waals surface area contributed by atoms with Gasteiger partial charge in [0.25, 0.3) is 0 Å². The highest BCUT2D eigenvalue weighted by Crippen LogP contribution is 2.33. The van der Waals surface area contributed by atoms with E-state index in [0.29, 0.717) is 0 Å². The monoisotopic (exact) mass is 246 g/mol. The third-order valence-corrected chi connectivity index (χ3v) is 1.29. The van der Waals surface area contributed by atoms with Gasteiger partial charge in [0.15, 0.2) is 6.10 Å². The van der Waals surface area contributed by atoms with E-state index >= 15 is 0 Å². The molecule has 0 aliphatic rings. The van der Waals surface area contributed by atoms with Crippen molar-refractivity contribution in [1.82, 2.24) is 0 Å². The number of halogens is 8. The maximum Gasteiger partial charge on any atom is 0.417 e. The van der Waals surface area contributed by atoms with Crippen LogP contribution in [0.3, 0.4) is 0 Å². The minimum atomic E-state index is -5.32. The molecule has 1 unspecified atom stereocenters. The molecule has 1 atom stereocenters. The molecule has 1 nitrogen and oxygen atoms in total. The second-order valence-electron chi connectivity index (χ2n) is 2.49. The van der Waals surface area contributed by atoms with Gasteiger partial charge in [-0.05, 0) is 0 Å². The number of hydrogen-bond donors (Lipinski definition) is 0. The van der Waals surface area contributed by atoms with Crippen LogP contribution in [-0.2, 0) is 4.74 Å². The van der Waals surface area contributed by atoms with Gasteiger partial charge in [-0.2, -0.15) is 22.0 Å². The Hall–Kier alpha value is -0.600. The van der Waals surface area contributed by atoms with Crippen molar-refractivity contribution in [1.29, 1.82) is 0 Å². The average Bonchev–Trinajstić information content (AvgIpc) is 2.01. The fourth-order valence-corrected chi connectivity index (χ4v) is 0.630. The summed E-state index contributed by atoms with van der Waals surface area (Å²) in [5.41, 5.74) is 0. The number of ether oxygens (including phenoxy) is 1. The van der Waals surface area contributed by atoms with Crippen molar-refractivity contribution in [3.05, 3.63) is 0 Å². The minimum Gasteiger partial charge on any atom is -0.303 e. The lowest BCUT2D eigenvalue weighted by molar-refractivity contribution is -0.360. The molecule has 0 saturated carbocycles. The molecule has 0 saturated heterocycles. The Morgan fingerprint density at radius 1 is 1.00 bits per heavy atom. The molecule has 15 heavy (non-hydrogen) atoms. The topological polar surface area (TPSA) is 9.23 Å². The Morgan fingerprint density at radius 3 is 1.73 bits per heavy atom. The molecular formula is C6H6F8O. The molecule has 0 heterocycles. The Morgan fingerprint density at radius 2 is 1.47 bits per heavy atom. The lowest BCUT2D eigenvalue weighted by atomic mass is 10.2. The fourth-order valence-electron chi connectivity index (χ4n) is 0.630. The van der Waals surface area contributed by atoms with Crippen LogP contribution in [0.15, 0.2) is 0 Å². The van der Waals surface area contributed by atoms with Crippen LogP contribution in [0.1, 0.15) is 6.42 Å². The van der Waals surface area contributed by atoms with Crippen molar-refractivity contribution in [3.8, 4) is 0 Å². The second kappa shape index (κ2) is 4.95. The van der Waals surface area contributed by atoms with Crippen LogP contribution in [0.2, 0.25) is 0 Å². The van der Waals surface area contributed by atoms with Crippen molar-refractivity contribution >= 4 is 0 Å². The first-order chi connectivity index (χ1) is 6.61. The zero-order valence-corrected chi connectivity index (χ0v) is 7.00. The number of rotatable bonds is 5. The van der Waals surface area contributed by atoms with Gasteiger partial charge >= 0.3 is 18.7 Å². The van der Waals surface area contributed by atoms with Gasteiger partial charge in [0, 0.05) is 6.42 Å². The summed E-state index contributed by atoms with van der Waals surface area (Å²) in [6.07, 6.45) is -19.7. The first-order valence-electron chi connectivity index (χ1n) is 3.57. The molecule has 0 spiro atoms. The van der Waals surface area contributed by atoms with Crippen molar-refractivity contribution in [2.24, 2.45) is 0 Å². The molecule has 0 fully saturated rings. The molecule has 0 N–H and O–H groups in total. The van der Waals surface area contributed by atoms with E-state index in [4.69, 9.17) is 0 Å². The maximum absolute atomic E-state index is 12.1. The second-order valence-corrected chi connectivity index (χ2v) is 2.49. The summed E-state index contributed by atoms with van der Waals surface area (Å²) in [5.74, 6) is 0. The van der Waals surface area contributed by atoms with E-state index in [2.05, 4.69) is 4.74 Å². The van der Waals surface area contributed by atoms with Crippen LogP contribution in [0.5, 0.6) is 0 Å². The molecule has 0 bridgehead atoms. The van der Waals surface area contributed by atoms with E-state index in [1.807, 2.05) is 0 Å². The van der Waals surface area contributed by atoms with Crippen molar-refractivity contribution in [2.75, 3.05) is 6.67 Å². The van der Waals surface area contributed by atoms with Gasteiger partial charge in [0.1, 0.15) is 0 Å².